The zero-order valence-electron chi connectivity index (χ0n) is 8.89. The molecular formula is C10H23NO. The van der Waals surface area contributed by atoms with Crippen LogP contribution in [0.4, 0.5) is 0 Å². The lowest BCUT2D eigenvalue weighted by molar-refractivity contribution is 0.0547. The van der Waals surface area contributed by atoms with E-state index in [1.165, 1.54) is 12.8 Å². The van der Waals surface area contributed by atoms with Gasteiger partial charge in [0, 0.05) is 12.6 Å². The molecule has 0 bridgehead atoms. The van der Waals surface area contributed by atoms with Crippen molar-refractivity contribution in [3.05, 3.63) is 0 Å². The van der Waals surface area contributed by atoms with Gasteiger partial charge in [-0.2, -0.15) is 0 Å². The third-order valence-electron chi connectivity index (χ3n) is 2.14. The minimum absolute atomic E-state index is 0.430. The fourth-order valence-corrected chi connectivity index (χ4v) is 1.08. The van der Waals surface area contributed by atoms with Crippen molar-refractivity contribution in [1.82, 2.24) is 5.32 Å². The van der Waals surface area contributed by atoms with E-state index >= 15 is 0 Å². The molecule has 2 unspecified atom stereocenters. The predicted octanol–water partition coefficient (Wildman–Crippen LogP) is 2.19. The van der Waals surface area contributed by atoms with Crippen LogP contribution in [0.2, 0.25) is 0 Å². The Morgan fingerprint density at radius 2 is 1.92 bits per heavy atom. The normalized spacial score (nSPS) is 16.0. The summed E-state index contributed by atoms with van der Waals surface area (Å²) < 4.78 is 5.61. The van der Waals surface area contributed by atoms with E-state index in [4.69, 9.17) is 4.74 Å². The second-order valence-electron chi connectivity index (χ2n) is 3.45. The predicted molar refractivity (Wildman–Crippen MR) is 53.5 cm³/mol. The summed E-state index contributed by atoms with van der Waals surface area (Å²) in [4.78, 5) is 0. The van der Waals surface area contributed by atoms with E-state index in [1.54, 1.807) is 0 Å². The SMILES string of the molecule is CCCC(C)OCCC(C)NC. The molecule has 74 valence electrons. The summed E-state index contributed by atoms with van der Waals surface area (Å²) in [5.74, 6) is 0. The quantitative estimate of drug-likeness (QED) is 0.637. The Hall–Kier alpha value is -0.0800. The van der Waals surface area contributed by atoms with Gasteiger partial charge in [0.05, 0.1) is 6.10 Å². The highest BCUT2D eigenvalue weighted by atomic mass is 16.5. The molecule has 0 amide bonds. The lowest BCUT2D eigenvalue weighted by Crippen LogP contribution is -2.23. The van der Waals surface area contributed by atoms with Crippen molar-refractivity contribution in [2.75, 3.05) is 13.7 Å². The van der Waals surface area contributed by atoms with E-state index < -0.39 is 0 Å². The minimum atomic E-state index is 0.430. The molecule has 0 aliphatic heterocycles. The van der Waals surface area contributed by atoms with Crippen molar-refractivity contribution in [3.8, 4) is 0 Å². The lowest BCUT2D eigenvalue weighted by Gasteiger charge is -2.14. The van der Waals surface area contributed by atoms with Crippen molar-refractivity contribution in [3.63, 3.8) is 0 Å². The smallest absolute Gasteiger partial charge is 0.0546 e. The Balaban J connectivity index is 3.18. The molecule has 0 fully saturated rings. The van der Waals surface area contributed by atoms with E-state index in [2.05, 4.69) is 26.1 Å². The average molecular weight is 173 g/mol. The Morgan fingerprint density at radius 3 is 2.42 bits per heavy atom. The van der Waals surface area contributed by atoms with Gasteiger partial charge in [0.1, 0.15) is 0 Å². The molecular weight excluding hydrogens is 150 g/mol. The average Bonchev–Trinajstić information content (AvgIpc) is 2.04. The molecule has 0 saturated heterocycles. The van der Waals surface area contributed by atoms with Crippen LogP contribution in [0, 0.1) is 0 Å². The van der Waals surface area contributed by atoms with Crippen LogP contribution in [0.15, 0.2) is 0 Å². The molecule has 2 nitrogen and oxygen atoms in total. The van der Waals surface area contributed by atoms with Crippen LogP contribution in [-0.2, 0) is 4.74 Å². The van der Waals surface area contributed by atoms with Gasteiger partial charge < -0.3 is 10.1 Å². The first kappa shape index (κ1) is 11.9. The summed E-state index contributed by atoms with van der Waals surface area (Å²) in [7, 11) is 1.99. The summed E-state index contributed by atoms with van der Waals surface area (Å²) in [6.07, 6.45) is 3.92. The summed E-state index contributed by atoms with van der Waals surface area (Å²) in [6, 6.07) is 0.568. The number of hydrogen-bond donors (Lipinski definition) is 1. The lowest BCUT2D eigenvalue weighted by atomic mass is 10.2. The molecule has 0 aliphatic rings. The van der Waals surface area contributed by atoms with Crippen molar-refractivity contribution < 1.29 is 4.74 Å². The van der Waals surface area contributed by atoms with Crippen molar-refractivity contribution >= 4 is 0 Å². The third kappa shape index (κ3) is 6.62. The van der Waals surface area contributed by atoms with Crippen LogP contribution in [-0.4, -0.2) is 25.8 Å². The van der Waals surface area contributed by atoms with E-state index in [-0.39, 0.29) is 0 Å². The van der Waals surface area contributed by atoms with Gasteiger partial charge in [0.15, 0.2) is 0 Å². The molecule has 0 rings (SSSR count). The highest BCUT2D eigenvalue weighted by molar-refractivity contribution is 4.56. The molecule has 12 heavy (non-hydrogen) atoms. The highest BCUT2D eigenvalue weighted by Crippen LogP contribution is 2.02. The molecule has 0 aromatic rings. The Labute approximate surface area is 76.7 Å². The van der Waals surface area contributed by atoms with Crippen LogP contribution in [0.3, 0.4) is 0 Å². The zero-order chi connectivity index (χ0) is 9.40. The molecule has 0 aromatic heterocycles. The molecule has 0 aliphatic carbocycles. The number of hydrogen-bond acceptors (Lipinski definition) is 2. The van der Waals surface area contributed by atoms with Crippen LogP contribution in [0.5, 0.6) is 0 Å². The summed E-state index contributed by atoms with van der Waals surface area (Å²) in [5, 5.41) is 3.19. The Bertz CT molecular complexity index is 95.8. The van der Waals surface area contributed by atoms with E-state index in [0.29, 0.717) is 12.1 Å². The molecule has 0 radical (unpaired) electrons. The van der Waals surface area contributed by atoms with E-state index in [9.17, 15) is 0 Å². The first-order chi connectivity index (χ1) is 5.70. The monoisotopic (exact) mass is 173 g/mol. The van der Waals surface area contributed by atoms with Crippen molar-refractivity contribution in [2.45, 2.75) is 52.2 Å². The summed E-state index contributed by atoms with van der Waals surface area (Å²) >= 11 is 0. The maximum Gasteiger partial charge on any atom is 0.0546 e. The molecule has 1 N–H and O–H groups in total. The Kier molecular flexibility index (Phi) is 7.51. The fourth-order valence-electron chi connectivity index (χ4n) is 1.08. The standard InChI is InChI=1S/C10H23NO/c1-5-6-10(3)12-8-7-9(2)11-4/h9-11H,5-8H2,1-4H3. The van der Waals surface area contributed by atoms with Crippen LogP contribution in [0.25, 0.3) is 0 Å². The van der Waals surface area contributed by atoms with Gasteiger partial charge in [-0.25, -0.2) is 0 Å². The first-order valence-corrected chi connectivity index (χ1v) is 4.99. The van der Waals surface area contributed by atoms with Crippen LogP contribution in [0.1, 0.15) is 40.0 Å². The topological polar surface area (TPSA) is 21.3 Å². The van der Waals surface area contributed by atoms with Gasteiger partial charge in [-0.15, -0.1) is 0 Å². The van der Waals surface area contributed by atoms with Gasteiger partial charge in [-0.3, -0.25) is 0 Å². The Morgan fingerprint density at radius 1 is 1.25 bits per heavy atom. The maximum absolute atomic E-state index is 5.61. The van der Waals surface area contributed by atoms with E-state index in [0.717, 1.165) is 13.0 Å². The summed E-state index contributed by atoms with van der Waals surface area (Å²) in [5.41, 5.74) is 0. The van der Waals surface area contributed by atoms with Crippen LogP contribution >= 0.6 is 0 Å². The van der Waals surface area contributed by atoms with Crippen molar-refractivity contribution in [2.24, 2.45) is 0 Å². The first-order valence-electron chi connectivity index (χ1n) is 4.99. The van der Waals surface area contributed by atoms with Crippen LogP contribution < -0.4 is 5.32 Å². The molecule has 0 heterocycles. The molecule has 0 spiro atoms. The zero-order valence-corrected chi connectivity index (χ0v) is 8.89. The second-order valence-corrected chi connectivity index (χ2v) is 3.45. The van der Waals surface area contributed by atoms with Gasteiger partial charge in [0.25, 0.3) is 0 Å². The number of rotatable bonds is 7. The van der Waals surface area contributed by atoms with Crippen molar-refractivity contribution in [1.29, 1.82) is 0 Å². The maximum atomic E-state index is 5.61. The fraction of sp³-hybridized carbons (Fsp3) is 1.00. The van der Waals surface area contributed by atoms with Gasteiger partial charge in [-0.1, -0.05) is 13.3 Å². The molecule has 0 saturated carbocycles. The molecule has 2 heteroatoms. The summed E-state index contributed by atoms with van der Waals surface area (Å²) in [6.45, 7) is 7.39. The third-order valence-corrected chi connectivity index (χ3v) is 2.14. The van der Waals surface area contributed by atoms with Gasteiger partial charge in [0.2, 0.25) is 0 Å². The second kappa shape index (κ2) is 7.56. The van der Waals surface area contributed by atoms with E-state index in [1.807, 2.05) is 7.05 Å². The number of nitrogens with one attached hydrogen (secondary N) is 1. The highest BCUT2D eigenvalue weighted by Gasteiger charge is 2.01. The largest absolute Gasteiger partial charge is 0.378 e. The molecule has 0 aromatic carbocycles. The van der Waals surface area contributed by atoms with Gasteiger partial charge in [-0.05, 0) is 33.7 Å². The molecule has 2 atom stereocenters. The van der Waals surface area contributed by atoms with Gasteiger partial charge >= 0.3 is 0 Å². The minimum Gasteiger partial charge on any atom is -0.378 e. The number of ether oxygens (including phenoxy) is 1.